The van der Waals surface area contributed by atoms with E-state index >= 15 is 0 Å². The van der Waals surface area contributed by atoms with Crippen LogP contribution in [0.4, 0.5) is 10.5 Å². The summed E-state index contributed by atoms with van der Waals surface area (Å²) in [7, 11) is 1.70. The molecular weight excluding hydrogens is 222 g/mol. The van der Waals surface area contributed by atoms with Gasteiger partial charge in [-0.3, -0.25) is 4.79 Å². The summed E-state index contributed by atoms with van der Waals surface area (Å²) in [5.74, 6) is 0.215. The van der Waals surface area contributed by atoms with E-state index in [9.17, 15) is 9.59 Å². The average molecular weight is 235 g/mol. The molecule has 90 valence electrons. The van der Waals surface area contributed by atoms with Gasteiger partial charge in [-0.05, 0) is 37.6 Å². The zero-order valence-electron chi connectivity index (χ0n) is 9.85. The molecule has 5 heteroatoms. The Morgan fingerprint density at radius 3 is 2.65 bits per heavy atom. The van der Waals surface area contributed by atoms with Crippen molar-refractivity contribution in [3.8, 4) is 5.75 Å². The molecule has 0 radical (unpaired) electrons. The van der Waals surface area contributed by atoms with Gasteiger partial charge in [0, 0.05) is 12.7 Å². The molecule has 0 fully saturated rings. The van der Waals surface area contributed by atoms with Crippen molar-refractivity contribution in [2.24, 2.45) is 0 Å². The Morgan fingerprint density at radius 1 is 1.41 bits per heavy atom. The molecule has 1 aliphatic rings. The van der Waals surface area contributed by atoms with E-state index in [-0.39, 0.29) is 11.7 Å². The van der Waals surface area contributed by atoms with Crippen molar-refractivity contribution in [1.29, 1.82) is 0 Å². The highest BCUT2D eigenvalue weighted by Gasteiger charge is 2.42. The minimum atomic E-state index is -1.36. The number of carbonyl (C=O) groups excluding carboxylic acids is 1. The van der Waals surface area contributed by atoms with Crippen LogP contribution in [0.3, 0.4) is 0 Å². The second kappa shape index (κ2) is 3.48. The average Bonchev–Trinajstić information content (AvgIpc) is 2.40. The number of ether oxygens (including phenoxy) is 1. The zero-order chi connectivity index (χ0) is 12.8. The first-order valence-electron chi connectivity index (χ1n) is 5.17. The maximum atomic E-state index is 12.0. The summed E-state index contributed by atoms with van der Waals surface area (Å²) in [5, 5.41) is 8.55. The molecule has 1 N–H and O–H groups in total. The summed E-state index contributed by atoms with van der Waals surface area (Å²) < 4.78 is 4.59. The molecule has 1 aromatic carbocycles. The summed E-state index contributed by atoms with van der Waals surface area (Å²) in [5.41, 5.74) is 0.920. The van der Waals surface area contributed by atoms with Gasteiger partial charge >= 0.3 is 6.16 Å². The minimum absolute atomic E-state index is 0.0139. The molecule has 0 aromatic heterocycles. The fourth-order valence-electron chi connectivity index (χ4n) is 2.12. The molecule has 1 amide bonds. The minimum Gasteiger partial charge on any atom is -0.449 e. The number of nitrogens with zero attached hydrogens (tertiary/aromatic N) is 1. The Balaban J connectivity index is 2.50. The molecule has 2 rings (SSSR count). The van der Waals surface area contributed by atoms with Crippen molar-refractivity contribution < 1.29 is 19.4 Å². The van der Waals surface area contributed by atoms with Gasteiger partial charge in [0.15, 0.2) is 0 Å². The molecule has 1 aromatic rings. The lowest BCUT2D eigenvalue weighted by Gasteiger charge is -2.16. The topological polar surface area (TPSA) is 66.8 Å². The van der Waals surface area contributed by atoms with Crippen LogP contribution in [0.15, 0.2) is 18.2 Å². The van der Waals surface area contributed by atoms with E-state index in [0.717, 1.165) is 11.3 Å². The molecule has 0 unspecified atom stereocenters. The third kappa shape index (κ3) is 1.63. The monoisotopic (exact) mass is 235 g/mol. The van der Waals surface area contributed by atoms with Crippen molar-refractivity contribution in [2.45, 2.75) is 19.3 Å². The summed E-state index contributed by atoms with van der Waals surface area (Å²) in [6, 6.07) is 4.84. The maximum Gasteiger partial charge on any atom is 0.511 e. The van der Waals surface area contributed by atoms with E-state index < -0.39 is 11.6 Å². The lowest BCUT2D eigenvalue weighted by atomic mass is 9.86. The number of carboxylic acid groups (broad SMARTS) is 1. The summed E-state index contributed by atoms with van der Waals surface area (Å²) in [6.45, 7) is 3.62. The van der Waals surface area contributed by atoms with Crippen LogP contribution in [0.2, 0.25) is 0 Å². The Labute approximate surface area is 98.6 Å². The number of amides is 1. The number of fused-ring (bicyclic) bond motifs is 1. The van der Waals surface area contributed by atoms with E-state index in [2.05, 4.69) is 4.74 Å². The Morgan fingerprint density at radius 2 is 2.06 bits per heavy atom. The van der Waals surface area contributed by atoms with Gasteiger partial charge in [-0.2, -0.15) is 0 Å². The third-order valence-corrected chi connectivity index (χ3v) is 3.05. The van der Waals surface area contributed by atoms with Crippen LogP contribution in [0.5, 0.6) is 5.75 Å². The van der Waals surface area contributed by atoms with Crippen LogP contribution in [0, 0.1) is 0 Å². The molecule has 5 nitrogen and oxygen atoms in total. The van der Waals surface area contributed by atoms with Crippen LogP contribution in [0.1, 0.15) is 19.4 Å². The molecule has 0 atom stereocenters. The number of hydrogen-bond acceptors (Lipinski definition) is 3. The molecule has 0 saturated carbocycles. The molecule has 17 heavy (non-hydrogen) atoms. The summed E-state index contributed by atoms with van der Waals surface area (Å²) >= 11 is 0. The number of benzene rings is 1. The Kier molecular flexibility index (Phi) is 2.34. The first-order chi connectivity index (χ1) is 7.84. The predicted molar refractivity (Wildman–Crippen MR) is 61.5 cm³/mol. The molecule has 1 heterocycles. The van der Waals surface area contributed by atoms with Crippen molar-refractivity contribution in [3.05, 3.63) is 23.8 Å². The van der Waals surface area contributed by atoms with Crippen LogP contribution in [0.25, 0.3) is 0 Å². The highest BCUT2D eigenvalue weighted by molar-refractivity contribution is 6.07. The van der Waals surface area contributed by atoms with Gasteiger partial charge in [-0.25, -0.2) is 4.79 Å². The second-order valence-corrected chi connectivity index (χ2v) is 4.54. The quantitative estimate of drug-likeness (QED) is 0.597. The summed E-state index contributed by atoms with van der Waals surface area (Å²) in [4.78, 5) is 24.0. The van der Waals surface area contributed by atoms with E-state index in [1.807, 2.05) is 13.8 Å². The smallest absolute Gasteiger partial charge is 0.449 e. The SMILES string of the molecule is CN1C(=O)C(C)(C)c2cc(OC(=O)O)ccc21. The van der Waals surface area contributed by atoms with Crippen molar-refractivity contribution in [3.63, 3.8) is 0 Å². The molecular formula is C12H13NO4. The fourth-order valence-corrected chi connectivity index (χ4v) is 2.12. The summed E-state index contributed by atoms with van der Waals surface area (Å²) in [6.07, 6.45) is -1.36. The van der Waals surface area contributed by atoms with E-state index in [1.54, 1.807) is 24.1 Å². The Bertz CT molecular complexity index is 507. The van der Waals surface area contributed by atoms with Crippen molar-refractivity contribution in [2.75, 3.05) is 11.9 Å². The van der Waals surface area contributed by atoms with Crippen LogP contribution in [-0.2, 0) is 10.2 Å². The van der Waals surface area contributed by atoms with Gasteiger partial charge in [0.05, 0.1) is 5.41 Å². The van der Waals surface area contributed by atoms with E-state index in [1.165, 1.54) is 6.07 Å². The van der Waals surface area contributed by atoms with Gasteiger partial charge in [0.25, 0.3) is 0 Å². The lowest BCUT2D eigenvalue weighted by Crippen LogP contribution is -2.33. The van der Waals surface area contributed by atoms with Gasteiger partial charge < -0.3 is 14.7 Å². The van der Waals surface area contributed by atoms with Gasteiger partial charge in [0.2, 0.25) is 5.91 Å². The lowest BCUT2D eigenvalue weighted by molar-refractivity contribution is -0.121. The first kappa shape index (κ1) is 11.4. The molecule has 0 aliphatic carbocycles. The van der Waals surface area contributed by atoms with Crippen LogP contribution >= 0.6 is 0 Å². The highest BCUT2D eigenvalue weighted by atomic mass is 16.7. The van der Waals surface area contributed by atoms with Gasteiger partial charge in [0.1, 0.15) is 5.75 Å². The largest absolute Gasteiger partial charge is 0.511 e. The molecule has 1 aliphatic heterocycles. The molecule has 0 saturated heterocycles. The molecule has 0 spiro atoms. The number of hydrogen-bond donors (Lipinski definition) is 1. The van der Waals surface area contributed by atoms with E-state index in [4.69, 9.17) is 5.11 Å². The van der Waals surface area contributed by atoms with Crippen LogP contribution < -0.4 is 9.64 Å². The van der Waals surface area contributed by atoms with Gasteiger partial charge in [-0.1, -0.05) is 0 Å². The van der Waals surface area contributed by atoms with E-state index in [0.29, 0.717) is 0 Å². The van der Waals surface area contributed by atoms with Crippen LogP contribution in [-0.4, -0.2) is 24.2 Å². The number of likely N-dealkylation sites (N-methyl/N-ethyl adjacent to an activating group) is 1. The standard InChI is InChI=1S/C12H13NO4/c1-12(2)8-6-7(17-11(15)16)4-5-9(8)13(3)10(12)14/h4-6H,1-3H3,(H,15,16). The normalized spacial score (nSPS) is 16.9. The fraction of sp³-hybridized carbons (Fsp3) is 0.333. The first-order valence-corrected chi connectivity index (χ1v) is 5.17. The maximum absolute atomic E-state index is 12.0. The number of rotatable bonds is 1. The second-order valence-electron chi connectivity index (χ2n) is 4.54. The predicted octanol–water partition coefficient (Wildman–Crippen LogP) is 2.00. The van der Waals surface area contributed by atoms with Crippen molar-refractivity contribution >= 4 is 17.7 Å². The zero-order valence-corrected chi connectivity index (χ0v) is 9.85. The third-order valence-electron chi connectivity index (χ3n) is 3.05. The highest BCUT2D eigenvalue weighted by Crippen LogP contribution is 2.42. The Hall–Kier alpha value is -2.04. The number of carbonyl (C=O) groups is 2. The van der Waals surface area contributed by atoms with Crippen molar-refractivity contribution in [1.82, 2.24) is 0 Å². The molecule has 0 bridgehead atoms. The number of anilines is 1. The van der Waals surface area contributed by atoms with Gasteiger partial charge in [-0.15, -0.1) is 0 Å².